The summed E-state index contributed by atoms with van der Waals surface area (Å²) in [5.41, 5.74) is 4.03. The smallest absolute Gasteiger partial charge is 0.269 e. The molecule has 0 aliphatic carbocycles. The molecule has 11 heteroatoms. The predicted molar refractivity (Wildman–Crippen MR) is 126 cm³/mol. The number of nitro groups is 1. The zero-order valence-electron chi connectivity index (χ0n) is 18.7. The van der Waals surface area contributed by atoms with Crippen molar-refractivity contribution in [3.63, 3.8) is 0 Å². The Balaban J connectivity index is 1.55. The molecule has 0 radical (unpaired) electrons. The van der Waals surface area contributed by atoms with Gasteiger partial charge in [-0.2, -0.15) is 0 Å². The molecule has 0 aliphatic rings. The van der Waals surface area contributed by atoms with E-state index >= 15 is 0 Å². The molecular formula is C22H24N6O4S. The summed E-state index contributed by atoms with van der Waals surface area (Å²) in [4.78, 5) is 35.1. The van der Waals surface area contributed by atoms with E-state index in [4.69, 9.17) is 0 Å². The molecular weight excluding hydrogens is 444 g/mol. The number of aryl methyl sites for hydroxylation is 3. The first-order valence-corrected chi connectivity index (χ1v) is 11.1. The number of aromatic nitrogens is 3. The fourth-order valence-electron chi connectivity index (χ4n) is 3.01. The van der Waals surface area contributed by atoms with Crippen LogP contribution < -0.4 is 10.6 Å². The van der Waals surface area contributed by atoms with Gasteiger partial charge in [-0.25, -0.2) is 0 Å². The van der Waals surface area contributed by atoms with Gasteiger partial charge >= 0.3 is 0 Å². The van der Waals surface area contributed by atoms with Crippen LogP contribution >= 0.6 is 11.8 Å². The van der Waals surface area contributed by atoms with Crippen LogP contribution in [-0.4, -0.2) is 37.3 Å². The second-order valence-electron chi connectivity index (χ2n) is 7.57. The van der Waals surface area contributed by atoms with Gasteiger partial charge in [-0.15, -0.1) is 10.2 Å². The molecule has 3 rings (SSSR count). The summed E-state index contributed by atoms with van der Waals surface area (Å²) in [6.45, 7) is 5.68. The lowest BCUT2D eigenvalue weighted by atomic mass is 10.1. The van der Waals surface area contributed by atoms with Crippen molar-refractivity contribution in [3.05, 3.63) is 69.0 Å². The van der Waals surface area contributed by atoms with E-state index in [1.807, 2.05) is 32.0 Å². The number of hydrogen-bond acceptors (Lipinski definition) is 7. The van der Waals surface area contributed by atoms with Crippen LogP contribution in [0.3, 0.4) is 0 Å². The Bertz CT molecular complexity index is 1220. The molecule has 10 nitrogen and oxygen atoms in total. The highest BCUT2D eigenvalue weighted by atomic mass is 32.2. The first-order chi connectivity index (χ1) is 15.6. The summed E-state index contributed by atoms with van der Waals surface area (Å²) in [7, 11) is 1.74. The Morgan fingerprint density at radius 2 is 1.76 bits per heavy atom. The van der Waals surface area contributed by atoms with Gasteiger partial charge in [0.25, 0.3) is 5.69 Å². The second kappa shape index (κ2) is 10.3. The number of nitrogens with one attached hydrogen (secondary N) is 2. The number of thioether (sulfide) groups is 1. The van der Waals surface area contributed by atoms with Crippen LogP contribution in [0, 0.1) is 30.9 Å². The predicted octanol–water partition coefficient (Wildman–Crippen LogP) is 3.56. The van der Waals surface area contributed by atoms with Crippen molar-refractivity contribution in [1.82, 2.24) is 14.8 Å². The zero-order valence-corrected chi connectivity index (χ0v) is 19.5. The Kier molecular flexibility index (Phi) is 7.44. The molecule has 0 spiro atoms. The number of hydrogen-bond donors (Lipinski definition) is 2. The van der Waals surface area contributed by atoms with Gasteiger partial charge in [-0.1, -0.05) is 17.8 Å². The van der Waals surface area contributed by atoms with Gasteiger partial charge in [-0.3, -0.25) is 19.7 Å². The SMILES string of the molecule is Cc1ccc(NC(=O)Cc2nnc(SCC(=O)Nc3ccc([N+](=O)[O-])cc3C)n2C)cc1C. The molecule has 3 aromatic rings. The third kappa shape index (κ3) is 6.16. The molecule has 33 heavy (non-hydrogen) atoms. The number of non-ortho nitro benzene ring substituents is 1. The fraction of sp³-hybridized carbons (Fsp3) is 0.273. The maximum atomic E-state index is 12.4. The molecule has 0 aliphatic heterocycles. The average Bonchev–Trinajstić information content (AvgIpc) is 3.09. The largest absolute Gasteiger partial charge is 0.326 e. The van der Waals surface area contributed by atoms with E-state index in [9.17, 15) is 19.7 Å². The summed E-state index contributed by atoms with van der Waals surface area (Å²) in [5.74, 6) is 0.0492. The van der Waals surface area contributed by atoms with Crippen LogP contribution in [-0.2, 0) is 23.1 Å². The van der Waals surface area contributed by atoms with Crippen molar-refractivity contribution in [2.75, 3.05) is 16.4 Å². The molecule has 2 aromatic carbocycles. The van der Waals surface area contributed by atoms with E-state index in [1.165, 1.54) is 30.0 Å². The van der Waals surface area contributed by atoms with E-state index in [2.05, 4.69) is 20.8 Å². The van der Waals surface area contributed by atoms with Gasteiger partial charge in [0.2, 0.25) is 11.8 Å². The quantitative estimate of drug-likeness (QED) is 0.293. The van der Waals surface area contributed by atoms with Gasteiger partial charge in [0.05, 0.1) is 17.1 Å². The maximum absolute atomic E-state index is 12.4. The van der Waals surface area contributed by atoms with Crippen molar-refractivity contribution in [1.29, 1.82) is 0 Å². The lowest BCUT2D eigenvalue weighted by molar-refractivity contribution is -0.384. The minimum absolute atomic E-state index is 0.0342. The number of anilines is 2. The fourth-order valence-corrected chi connectivity index (χ4v) is 3.74. The number of carbonyl (C=O) groups excluding carboxylic acids is 2. The number of nitrogens with zero attached hydrogens (tertiary/aromatic N) is 4. The van der Waals surface area contributed by atoms with Crippen LogP contribution in [0.25, 0.3) is 0 Å². The first-order valence-electron chi connectivity index (χ1n) is 10.1. The van der Waals surface area contributed by atoms with E-state index in [1.54, 1.807) is 18.5 Å². The van der Waals surface area contributed by atoms with Crippen molar-refractivity contribution < 1.29 is 14.5 Å². The van der Waals surface area contributed by atoms with Crippen LogP contribution in [0.4, 0.5) is 17.1 Å². The number of rotatable bonds is 8. The lowest BCUT2D eigenvalue weighted by Crippen LogP contribution is -2.17. The highest BCUT2D eigenvalue weighted by Gasteiger charge is 2.16. The number of benzene rings is 2. The summed E-state index contributed by atoms with van der Waals surface area (Å²) < 4.78 is 1.68. The van der Waals surface area contributed by atoms with Crippen molar-refractivity contribution in [2.45, 2.75) is 32.3 Å². The van der Waals surface area contributed by atoms with E-state index in [-0.39, 0.29) is 29.7 Å². The second-order valence-corrected chi connectivity index (χ2v) is 8.52. The van der Waals surface area contributed by atoms with Crippen molar-refractivity contribution >= 4 is 40.6 Å². The molecule has 1 heterocycles. The third-order valence-electron chi connectivity index (χ3n) is 5.06. The Labute approximate surface area is 194 Å². The van der Waals surface area contributed by atoms with Gasteiger partial charge in [-0.05, 0) is 55.7 Å². The molecule has 0 fully saturated rings. The number of carbonyl (C=O) groups is 2. The van der Waals surface area contributed by atoms with Gasteiger partial charge in [0.1, 0.15) is 5.82 Å². The molecule has 0 atom stereocenters. The van der Waals surface area contributed by atoms with Crippen LogP contribution in [0.15, 0.2) is 41.6 Å². The molecule has 0 saturated heterocycles. The molecule has 172 valence electrons. The minimum Gasteiger partial charge on any atom is -0.326 e. The van der Waals surface area contributed by atoms with Crippen LogP contribution in [0.2, 0.25) is 0 Å². The normalized spacial score (nSPS) is 10.7. The standard InChI is InChI=1S/C22H24N6O4S/c1-13-5-6-16(9-14(13)2)23-20(29)11-19-25-26-22(27(19)4)33-12-21(30)24-18-8-7-17(28(31)32)10-15(18)3/h5-10H,11-12H2,1-4H3,(H,23,29)(H,24,30). The number of nitro benzene ring substituents is 1. The molecule has 0 unspecified atom stereocenters. The van der Waals surface area contributed by atoms with Crippen molar-refractivity contribution in [2.24, 2.45) is 7.05 Å². The molecule has 0 saturated carbocycles. The highest BCUT2D eigenvalue weighted by Crippen LogP contribution is 2.22. The van der Waals surface area contributed by atoms with Crippen molar-refractivity contribution in [3.8, 4) is 0 Å². The molecule has 0 bridgehead atoms. The Morgan fingerprint density at radius 3 is 2.42 bits per heavy atom. The van der Waals surface area contributed by atoms with Gasteiger partial charge in [0.15, 0.2) is 5.16 Å². The Morgan fingerprint density at radius 1 is 1.00 bits per heavy atom. The summed E-state index contributed by atoms with van der Waals surface area (Å²) in [6.07, 6.45) is 0.0468. The summed E-state index contributed by atoms with van der Waals surface area (Å²) >= 11 is 1.18. The van der Waals surface area contributed by atoms with E-state index in [0.29, 0.717) is 22.2 Å². The molecule has 1 aromatic heterocycles. The lowest BCUT2D eigenvalue weighted by Gasteiger charge is -2.09. The molecule has 2 N–H and O–H groups in total. The zero-order chi connectivity index (χ0) is 24.1. The van der Waals surface area contributed by atoms with E-state index in [0.717, 1.165) is 16.8 Å². The topological polar surface area (TPSA) is 132 Å². The van der Waals surface area contributed by atoms with E-state index < -0.39 is 4.92 Å². The van der Waals surface area contributed by atoms with Gasteiger partial charge < -0.3 is 15.2 Å². The summed E-state index contributed by atoms with van der Waals surface area (Å²) in [5, 5.41) is 25.1. The minimum atomic E-state index is -0.484. The Hall–Kier alpha value is -3.73. The first kappa shape index (κ1) is 23.9. The third-order valence-corrected chi connectivity index (χ3v) is 6.08. The summed E-state index contributed by atoms with van der Waals surface area (Å²) in [6, 6.07) is 9.96. The monoisotopic (exact) mass is 468 g/mol. The van der Waals surface area contributed by atoms with Crippen LogP contribution in [0.5, 0.6) is 0 Å². The molecule has 2 amide bonds. The highest BCUT2D eigenvalue weighted by molar-refractivity contribution is 7.99. The average molecular weight is 469 g/mol. The maximum Gasteiger partial charge on any atom is 0.269 e. The number of amides is 2. The van der Waals surface area contributed by atoms with Gasteiger partial charge in [0, 0.05) is 30.6 Å². The van der Waals surface area contributed by atoms with Crippen LogP contribution in [0.1, 0.15) is 22.5 Å².